The Morgan fingerprint density at radius 3 is 2.64 bits per heavy atom. The van der Waals surface area contributed by atoms with Crippen LogP contribution in [0.3, 0.4) is 0 Å². The lowest BCUT2D eigenvalue weighted by molar-refractivity contribution is 0.521. The van der Waals surface area contributed by atoms with Crippen LogP contribution in [0.5, 0.6) is 0 Å². The van der Waals surface area contributed by atoms with E-state index >= 15 is 0 Å². The van der Waals surface area contributed by atoms with Gasteiger partial charge in [-0.25, -0.2) is 12.7 Å². The molecule has 0 atom stereocenters. The summed E-state index contributed by atoms with van der Waals surface area (Å²) in [6.07, 6.45) is 3.98. The summed E-state index contributed by atoms with van der Waals surface area (Å²) in [5.74, 6) is 0.473. The highest BCUT2D eigenvalue weighted by molar-refractivity contribution is 7.89. The molecule has 0 amide bonds. The third kappa shape index (κ3) is 2.72. The zero-order valence-electron chi connectivity index (χ0n) is 13.8. The predicted molar refractivity (Wildman–Crippen MR) is 97.2 cm³/mol. The summed E-state index contributed by atoms with van der Waals surface area (Å²) in [5.41, 5.74) is 3.49. The van der Waals surface area contributed by atoms with Gasteiger partial charge in [-0.3, -0.25) is 10.1 Å². The summed E-state index contributed by atoms with van der Waals surface area (Å²) in [4.78, 5) is 4.60. The van der Waals surface area contributed by atoms with Gasteiger partial charge in [0.15, 0.2) is 0 Å². The highest BCUT2D eigenvalue weighted by atomic mass is 35.5. The van der Waals surface area contributed by atoms with Gasteiger partial charge in [0.2, 0.25) is 10.0 Å². The van der Waals surface area contributed by atoms with E-state index in [1.165, 1.54) is 20.2 Å². The van der Waals surface area contributed by atoms with Gasteiger partial charge in [-0.1, -0.05) is 17.7 Å². The first-order chi connectivity index (χ1) is 11.9. The molecular weight excluding hydrogens is 360 g/mol. The van der Waals surface area contributed by atoms with Gasteiger partial charge in [0, 0.05) is 37.2 Å². The number of nitrogens with zero attached hydrogens (tertiary/aromatic N) is 3. The molecule has 0 saturated heterocycles. The second kappa shape index (κ2) is 5.79. The van der Waals surface area contributed by atoms with Crippen LogP contribution in [0, 0.1) is 0 Å². The minimum absolute atomic E-state index is 0.0877. The van der Waals surface area contributed by atoms with E-state index in [0.29, 0.717) is 5.92 Å². The standard InChI is InChI=1S/C17H17ClN4O2S/c1-22(2)25(23,24)14-6-5-11(9-12(14)18)16-15-13(7-8-19-16)20-21-17(15)10-3-4-10/h5-10H,3-4H2,1-2H3,(H,20,21). The van der Waals surface area contributed by atoms with Crippen molar-refractivity contribution >= 4 is 32.5 Å². The second-order valence-electron chi connectivity index (χ2n) is 6.40. The number of sulfonamides is 1. The topological polar surface area (TPSA) is 79.0 Å². The molecular formula is C17H17ClN4O2S. The van der Waals surface area contributed by atoms with Gasteiger partial charge in [-0.15, -0.1) is 0 Å². The first kappa shape index (κ1) is 16.5. The van der Waals surface area contributed by atoms with Crippen LogP contribution in [0.1, 0.15) is 24.5 Å². The molecule has 1 aromatic carbocycles. The lowest BCUT2D eigenvalue weighted by Crippen LogP contribution is -2.22. The normalized spacial score (nSPS) is 15.2. The number of benzene rings is 1. The summed E-state index contributed by atoms with van der Waals surface area (Å²) < 4.78 is 25.8. The molecule has 1 N–H and O–H groups in total. The van der Waals surface area contributed by atoms with Crippen molar-refractivity contribution in [3.8, 4) is 11.3 Å². The van der Waals surface area contributed by atoms with E-state index in [0.717, 1.165) is 45.0 Å². The maximum absolute atomic E-state index is 12.3. The molecule has 0 spiro atoms. The van der Waals surface area contributed by atoms with Crippen LogP contribution in [0.4, 0.5) is 0 Å². The van der Waals surface area contributed by atoms with Gasteiger partial charge >= 0.3 is 0 Å². The Morgan fingerprint density at radius 1 is 1.24 bits per heavy atom. The number of hydrogen-bond donors (Lipinski definition) is 1. The van der Waals surface area contributed by atoms with Crippen molar-refractivity contribution in [3.05, 3.63) is 41.2 Å². The molecule has 0 unspecified atom stereocenters. The Balaban J connectivity index is 1.88. The number of rotatable bonds is 4. The van der Waals surface area contributed by atoms with E-state index in [1.54, 1.807) is 18.3 Å². The Bertz CT molecular complexity index is 1070. The second-order valence-corrected chi connectivity index (χ2v) is 8.93. The number of halogens is 1. The minimum Gasteiger partial charge on any atom is -0.277 e. The van der Waals surface area contributed by atoms with E-state index in [1.807, 2.05) is 6.07 Å². The summed E-state index contributed by atoms with van der Waals surface area (Å²) in [7, 11) is -0.625. The number of H-pyrrole nitrogens is 1. The van der Waals surface area contributed by atoms with Crippen LogP contribution < -0.4 is 0 Å². The van der Waals surface area contributed by atoms with Crippen LogP contribution in [0.15, 0.2) is 35.4 Å². The maximum Gasteiger partial charge on any atom is 0.244 e. The molecule has 2 heterocycles. The van der Waals surface area contributed by atoms with E-state index in [-0.39, 0.29) is 9.92 Å². The number of aromatic amines is 1. The van der Waals surface area contributed by atoms with Gasteiger partial charge in [-0.05, 0) is 31.0 Å². The fourth-order valence-electron chi connectivity index (χ4n) is 2.92. The summed E-state index contributed by atoms with van der Waals surface area (Å²) in [5, 5.41) is 8.68. The van der Waals surface area contributed by atoms with E-state index in [2.05, 4.69) is 15.2 Å². The molecule has 2 aromatic heterocycles. The van der Waals surface area contributed by atoms with E-state index < -0.39 is 10.0 Å². The highest BCUT2D eigenvalue weighted by Crippen LogP contribution is 2.44. The largest absolute Gasteiger partial charge is 0.277 e. The van der Waals surface area contributed by atoms with Crippen molar-refractivity contribution in [1.29, 1.82) is 0 Å². The average Bonchev–Trinajstić information content (AvgIpc) is 3.32. The molecule has 0 aliphatic heterocycles. The molecule has 130 valence electrons. The molecule has 0 radical (unpaired) electrons. The third-order valence-electron chi connectivity index (χ3n) is 4.43. The van der Waals surface area contributed by atoms with Crippen LogP contribution >= 0.6 is 11.6 Å². The van der Waals surface area contributed by atoms with Gasteiger partial charge in [0.05, 0.1) is 21.9 Å². The molecule has 1 fully saturated rings. The molecule has 1 aliphatic carbocycles. The first-order valence-corrected chi connectivity index (χ1v) is 9.77. The zero-order valence-corrected chi connectivity index (χ0v) is 15.4. The van der Waals surface area contributed by atoms with Crippen molar-refractivity contribution in [2.24, 2.45) is 0 Å². The number of hydrogen-bond acceptors (Lipinski definition) is 4. The van der Waals surface area contributed by atoms with Crippen LogP contribution in [-0.4, -0.2) is 42.0 Å². The number of pyridine rings is 1. The van der Waals surface area contributed by atoms with E-state index in [9.17, 15) is 8.42 Å². The Morgan fingerprint density at radius 2 is 2.00 bits per heavy atom. The van der Waals surface area contributed by atoms with Crippen molar-refractivity contribution in [2.45, 2.75) is 23.7 Å². The quantitative estimate of drug-likeness (QED) is 0.756. The predicted octanol–water partition coefficient (Wildman–Crippen LogP) is 3.41. The van der Waals surface area contributed by atoms with Crippen LogP contribution in [0.25, 0.3) is 22.2 Å². The Kier molecular flexibility index (Phi) is 3.82. The van der Waals surface area contributed by atoms with Crippen molar-refractivity contribution in [2.75, 3.05) is 14.1 Å². The minimum atomic E-state index is -3.59. The molecule has 6 nitrogen and oxygen atoms in total. The molecule has 25 heavy (non-hydrogen) atoms. The summed E-state index contributed by atoms with van der Waals surface area (Å²) in [6, 6.07) is 6.83. The summed E-state index contributed by atoms with van der Waals surface area (Å²) >= 11 is 6.29. The molecule has 0 bridgehead atoms. The van der Waals surface area contributed by atoms with Gasteiger partial charge in [0.1, 0.15) is 4.90 Å². The van der Waals surface area contributed by atoms with Crippen molar-refractivity contribution < 1.29 is 8.42 Å². The Hall–Kier alpha value is -1.96. The average molecular weight is 377 g/mol. The zero-order chi connectivity index (χ0) is 17.8. The Labute approximate surface area is 150 Å². The van der Waals surface area contributed by atoms with Gasteiger partial charge in [0.25, 0.3) is 0 Å². The van der Waals surface area contributed by atoms with Crippen LogP contribution in [0.2, 0.25) is 5.02 Å². The fourth-order valence-corrected chi connectivity index (χ4v) is 4.33. The molecule has 3 aromatic rings. The lowest BCUT2D eigenvalue weighted by atomic mass is 10.0. The molecule has 8 heteroatoms. The summed E-state index contributed by atoms with van der Waals surface area (Å²) in [6.45, 7) is 0. The highest BCUT2D eigenvalue weighted by Gasteiger charge is 2.30. The molecule has 4 rings (SSSR count). The number of fused-ring (bicyclic) bond motifs is 1. The van der Waals surface area contributed by atoms with Gasteiger partial charge < -0.3 is 0 Å². The van der Waals surface area contributed by atoms with Crippen LogP contribution in [-0.2, 0) is 10.0 Å². The molecule has 1 aliphatic rings. The first-order valence-electron chi connectivity index (χ1n) is 7.95. The third-order valence-corrected chi connectivity index (χ3v) is 6.73. The van der Waals surface area contributed by atoms with Crippen molar-refractivity contribution in [1.82, 2.24) is 19.5 Å². The van der Waals surface area contributed by atoms with E-state index in [4.69, 9.17) is 11.6 Å². The van der Waals surface area contributed by atoms with Crippen molar-refractivity contribution in [3.63, 3.8) is 0 Å². The number of nitrogens with one attached hydrogen (secondary N) is 1. The number of aromatic nitrogens is 3. The smallest absolute Gasteiger partial charge is 0.244 e. The maximum atomic E-state index is 12.3. The monoisotopic (exact) mass is 376 g/mol. The van der Waals surface area contributed by atoms with Gasteiger partial charge in [-0.2, -0.15) is 5.10 Å². The SMILES string of the molecule is CN(C)S(=O)(=O)c1ccc(-c2nccc3[nH]nc(C4CC4)c23)cc1Cl. The molecule has 1 saturated carbocycles. The lowest BCUT2D eigenvalue weighted by Gasteiger charge is -2.13. The fraction of sp³-hybridized carbons (Fsp3) is 0.294.